The number of hydrogen-bond donors (Lipinski definition) is 0. The summed E-state index contributed by atoms with van der Waals surface area (Å²) in [7, 11) is 0. The normalized spacial score (nSPS) is 35.3. The third-order valence-electron chi connectivity index (χ3n) is 5.49. The van der Waals surface area contributed by atoms with Crippen LogP contribution in [0, 0.1) is 17.8 Å². The molecule has 0 radical (unpaired) electrons. The van der Waals surface area contributed by atoms with Crippen LogP contribution >= 0.6 is 0 Å². The molecule has 20 heavy (non-hydrogen) atoms. The molecule has 0 saturated heterocycles. The molecule has 0 aromatic carbocycles. The van der Waals surface area contributed by atoms with Crippen molar-refractivity contribution in [2.75, 3.05) is 0 Å². The Balaban J connectivity index is 1.70. The van der Waals surface area contributed by atoms with Crippen molar-refractivity contribution in [1.82, 2.24) is 0 Å². The number of hydrogen-bond acceptors (Lipinski definition) is 1. The topological polar surface area (TPSA) is 9.23 Å². The Morgan fingerprint density at radius 1 is 1.00 bits per heavy atom. The Bertz CT molecular complexity index is 275. The highest BCUT2D eigenvalue weighted by molar-refractivity contribution is 4.84. The molecule has 0 heterocycles. The Hall–Kier alpha value is -0.460. The number of unbranched alkanes of at least 4 members (excludes halogenated alkanes) is 2. The van der Waals surface area contributed by atoms with Crippen molar-refractivity contribution in [2.24, 2.45) is 17.8 Å². The van der Waals surface area contributed by atoms with E-state index in [-0.39, 0.29) is 0 Å². The van der Waals surface area contributed by atoms with Gasteiger partial charge in [0.15, 0.2) is 0 Å². The van der Waals surface area contributed by atoms with Crippen LogP contribution in [-0.4, -0.2) is 6.10 Å². The predicted octanol–water partition coefficient (Wildman–Crippen LogP) is 6.09. The van der Waals surface area contributed by atoms with Crippen molar-refractivity contribution in [2.45, 2.75) is 90.6 Å². The fourth-order valence-electron chi connectivity index (χ4n) is 4.05. The first kappa shape index (κ1) is 15.9. The first-order valence-corrected chi connectivity index (χ1v) is 9.10. The van der Waals surface area contributed by atoms with Gasteiger partial charge in [-0.2, -0.15) is 0 Å². The molecule has 2 aliphatic carbocycles. The molecule has 0 aromatic rings. The van der Waals surface area contributed by atoms with E-state index in [1.54, 1.807) is 0 Å². The fourth-order valence-corrected chi connectivity index (χ4v) is 4.05. The molecule has 0 amide bonds. The van der Waals surface area contributed by atoms with E-state index in [1.807, 2.05) is 6.26 Å². The second-order valence-corrected chi connectivity index (χ2v) is 7.22. The molecule has 0 spiro atoms. The van der Waals surface area contributed by atoms with Gasteiger partial charge in [-0.1, -0.05) is 33.1 Å². The number of rotatable bonds is 6. The van der Waals surface area contributed by atoms with E-state index >= 15 is 0 Å². The van der Waals surface area contributed by atoms with Crippen LogP contribution < -0.4 is 0 Å². The Kier molecular flexibility index (Phi) is 6.96. The van der Waals surface area contributed by atoms with Crippen molar-refractivity contribution in [3.8, 4) is 0 Å². The highest BCUT2D eigenvalue weighted by Gasteiger charge is 2.30. The van der Waals surface area contributed by atoms with E-state index in [0.29, 0.717) is 6.10 Å². The predicted molar refractivity (Wildman–Crippen MR) is 86.6 cm³/mol. The van der Waals surface area contributed by atoms with E-state index in [9.17, 15) is 0 Å². The number of allylic oxidation sites excluding steroid dienone is 1. The summed E-state index contributed by atoms with van der Waals surface area (Å²) in [5.41, 5.74) is 0. The molecule has 0 aliphatic heterocycles. The highest BCUT2D eigenvalue weighted by atomic mass is 16.5. The van der Waals surface area contributed by atoms with Gasteiger partial charge in [0.05, 0.1) is 12.4 Å². The maximum absolute atomic E-state index is 5.99. The molecule has 0 bridgehead atoms. The van der Waals surface area contributed by atoms with Crippen molar-refractivity contribution < 1.29 is 4.74 Å². The van der Waals surface area contributed by atoms with Gasteiger partial charge in [-0.05, 0) is 75.2 Å². The molecule has 116 valence electrons. The van der Waals surface area contributed by atoms with Gasteiger partial charge in [0.2, 0.25) is 0 Å². The second kappa shape index (κ2) is 8.74. The molecular weight excluding hydrogens is 244 g/mol. The van der Waals surface area contributed by atoms with Crippen molar-refractivity contribution in [1.29, 1.82) is 0 Å². The zero-order chi connectivity index (χ0) is 14.2. The smallest absolute Gasteiger partial charge is 0.0981 e. The largest absolute Gasteiger partial charge is 0.498 e. The molecule has 1 nitrogen and oxygen atoms in total. The van der Waals surface area contributed by atoms with Crippen molar-refractivity contribution >= 4 is 0 Å². The summed E-state index contributed by atoms with van der Waals surface area (Å²) in [5, 5.41) is 0. The summed E-state index contributed by atoms with van der Waals surface area (Å²) in [6, 6.07) is 0. The van der Waals surface area contributed by atoms with Crippen LogP contribution in [-0.2, 0) is 4.74 Å². The van der Waals surface area contributed by atoms with E-state index in [2.05, 4.69) is 19.9 Å². The lowest BCUT2D eigenvalue weighted by molar-refractivity contribution is 0.0523. The first-order valence-electron chi connectivity index (χ1n) is 9.10. The molecular formula is C19H34O. The monoisotopic (exact) mass is 278 g/mol. The minimum absolute atomic E-state index is 0.506. The zero-order valence-corrected chi connectivity index (χ0v) is 13.7. The van der Waals surface area contributed by atoms with Gasteiger partial charge in [-0.15, -0.1) is 0 Å². The summed E-state index contributed by atoms with van der Waals surface area (Å²) in [4.78, 5) is 0. The average Bonchev–Trinajstić information content (AvgIpc) is 2.48. The maximum atomic E-state index is 5.99. The zero-order valence-electron chi connectivity index (χ0n) is 13.7. The Morgan fingerprint density at radius 3 is 2.55 bits per heavy atom. The van der Waals surface area contributed by atoms with Gasteiger partial charge in [-0.25, -0.2) is 0 Å². The van der Waals surface area contributed by atoms with Gasteiger partial charge in [-0.3, -0.25) is 0 Å². The Morgan fingerprint density at radius 2 is 1.80 bits per heavy atom. The molecule has 0 unspecified atom stereocenters. The van der Waals surface area contributed by atoms with Crippen molar-refractivity contribution in [3.63, 3.8) is 0 Å². The highest BCUT2D eigenvalue weighted by Crippen LogP contribution is 2.40. The van der Waals surface area contributed by atoms with E-state index in [1.165, 1.54) is 70.6 Å². The minimum Gasteiger partial charge on any atom is -0.498 e. The van der Waals surface area contributed by atoms with Crippen LogP contribution in [0.25, 0.3) is 0 Å². The summed E-state index contributed by atoms with van der Waals surface area (Å²) in [5.74, 6) is 2.93. The SMILES string of the molecule is CCCCC=CO[C@@H]1CCC[C@@H]([C@H]2CC[C@H](C)CC2)C1. The fraction of sp³-hybridized carbons (Fsp3) is 0.895. The van der Waals surface area contributed by atoms with Gasteiger partial charge < -0.3 is 4.74 Å². The molecule has 1 heteroatoms. The third-order valence-corrected chi connectivity index (χ3v) is 5.49. The van der Waals surface area contributed by atoms with E-state index < -0.39 is 0 Å². The van der Waals surface area contributed by atoms with Crippen LogP contribution in [0.3, 0.4) is 0 Å². The molecule has 2 aliphatic rings. The molecule has 2 atom stereocenters. The maximum Gasteiger partial charge on any atom is 0.0981 e. The van der Waals surface area contributed by atoms with Crippen LogP contribution in [0.15, 0.2) is 12.3 Å². The van der Waals surface area contributed by atoms with E-state index in [0.717, 1.165) is 17.8 Å². The van der Waals surface area contributed by atoms with Crippen LogP contribution in [0.5, 0.6) is 0 Å². The van der Waals surface area contributed by atoms with Crippen LogP contribution in [0.2, 0.25) is 0 Å². The summed E-state index contributed by atoms with van der Waals surface area (Å²) >= 11 is 0. The molecule has 0 N–H and O–H groups in total. The summed E-state index contributed by atoms with van der Waals surface area (Å²) in [6.45, 7) is 4.66. The van der Waals surface area contributed by atoms with Crippen molar-refractivity contribution in [3.05, 3.63) is 12.3 Å². The quantitative estimate of drug-likeness (QED) is 0.422. The van der Waals surface area contributed by atoms with Gasteiger partial charge in [0, 0.05) is 0 Å². The Labute approximate surface area is 126 Å². The van der Waals surface area contributed by atoms with Gasteiger partial charge in [0.1, 0.15) is 0 Å². The lowest BCUT2D eigenvalue weighted by atomic mass is 9.71. The summed E-state index contributed by atoms with van der Waals surface area (Å²) < 4.78 is 5.99. The van der Waals surface area contributed by atoms with E-state index in [4.69, 9.17) is 4.74 Å². The first-order chi connectivity index (χ1) is 9.79. The molecule has 2 fully saturated rings. The second-order valence-electron chi connectivity index (χ2n) is 7.22. The molecule has 2 saturated carbocycles. The summed E-state index contributed by atoms with van der Waals surface area (Å²) in [6.07, 6.45) is 19.8. The third kappa shape index (κ3) is 5.14. The lowest BCUT2D eigenvalue weighted by Gasteiger charge is -2.37. The average molecular weight is 278 g/mol. The molecule has 2 rings (SSSR count). The van der Waals surface area contributed by atoms with Gasteiger partial charge >= 0.3 is 0 Å². The van der Waals surface area contributed by atoms with Crippen LogP contribution in [0.4, 0.5) is 0 Å². The standard InChI is InChI=1S/C19H34O/c1-3-4-5-6-14-20-19-9-7-8-18(15-19)17-12-10-16(2)11-13-17/h6,14,16-19H,3-5,7-13,15H2,1-2H3/t16-,17-,18-,19-/m1/s1. The lowest BCUT2D eigenvalue weighted by Crippen LogP contribution is -2.29. The number of ether oxygens (including phenoxy) is 1. The van der Waals surface area contributed by atoms with Gasteiger partial charge in [0.25, 0.3) is 0 Å². The minimum atomic E-state index is 0.506. The van der Waals surface area contributed by atoms with Crippen LogP contribution in [0.1, 0.15) is 84.5 Å². The molecule has 0 aromatic heterocycles.